The molecule has 0 atom stereocenters. The smallest absolute Gasteiger partial charge is 0.278 e. The molecule has 0 fully saturated rings. The van der Waals surface area contributed by atoms with Gasteiger partial charge in [0, 0.05) is 64.9 Å². The first-order valence-corrected chi connectivity index (χ1v) is 13.2. The van der Waals surface area contributed by atoms with Gasteiger partial charge in [0.25, 0.3) is 5.56 Å². The Balaban J connectivity index is 1.44. The van der Waals surface area contributed by atoms with E-state index >= 15 is 0 Å². The number of nitrogens with zero attached hydrogens (tertiary/aromatic N) is 6. The van der Waals surface area contributed by atoms with Crippen LogP contribution < -0.4 is 10.9 Å². The summed E-state index contributed by atoms with van der Waals surface area (Å²) in [7, 11) is 2.15. The summed E-state index contributed by atoms with van der Waals surface area (Å²) in [5.74, 6) is 0.438. The van der Waals surface area contributed by atoms with E-state index in [1.807, 2.05) is 30.7 Å². The van der Waals surface area contributed by atoms with Gasteiger partial charge in [-0.2, -0.15) is 4.98 Å². The molecule has 9 nitrogen and oxygen atoms in total. The summed E-state index contributed by atoms with van der Waals surface area (Å²) in [5.41, 5.74) is 6.80. The van der Waals surface area contributed by atoms with Crippen LogP contribution in [0, 0.1) is 0 Å². The molecule has 1 aliphatic rings. The minimum atomic E-state index is -0.130. The van der Waals surface area contributed by atoms with Crippen molar-refractivity contribution in [2.75, 3.05) is 18.9 Å². The number of fused-ring (bicyclic) bond motifs is 4. The first-order chi connectivity index (χ1) is 18.1. The molecule has 2 N–H and O–H groups in total. The number of anilines is 2. The second-order valence-corrected chi connectivity index (χ2v) is 11.6. The van der Waals surface area contributed by atoms with E-state index in [0.29, 0.717) is 17.0 Å². The number of likely N-dealkylation sites (N-methyl/N-ethyl adjacent to an activating group) is 1. The summed E-state index contributed by atoms with van der Waals surface area (Å²) in [6.07, 6.45) is 4.46. The molecule has 0 amide bonds. The lowest BCUT2D eigenvalue weighted by atomic mass is 9.91. The van der Waals surface area contributed by atoms with Crippen molar-refractivity contribution in [2.45, 2.75) is 59.0 Å². The average molecular weight is 511 g/mol. The number of hydrogen-bond donors (Lipinski definition) is 2. The highest BCUT2D eigenvalue weighted by Crippen LogP contribution is 2.30. The SMILES string of the molecule is CC(C)n1c(=O)c2cnc(Nc3ccc4c5c([nH]c4c3)CN(C)CC5)nc2n1-c1ccnc(C(C)(C)C)c1. The van der Waals surface area contributed by atoms with E-state index in [0.717, 1.165) is 42.1 Å². The van der Waals surface area contributed by atoms with Gasteiger partial charge in [-0.3, -0.25) is 9.78 Å². The van der Waals surface area contributed by atoms with Crippen molar-refractivity contribution < 1.29 is 0 Å². The average Bonchev–Trinajstić information content (AvgIpc) is 3.37. The Morgan fingerprint density at radius 2 is 1.89 bits per heavy atom. The Hall–Kier alpha value is -3.98. The minimum absolute atomic E-state index is 0.0697. The van der Waals surface area contributed by atoms with Crippen LogP contribution in [0.4, 0.5) is 11.6 Å². The molecular formula is C29H34N8O. The van der Waals surface area contributed by atoms with E-state index in [2.05, 4.69) is 71.2 Å². The standard InChI is InChI=1S/C29H34N8O/c1-17(2)36-27(38)22-15-31-28(34-26(22)37(36)19-9-11-30-25(14-19)29(3,4)5)32-18-7-8-20-21-10-12-35(6)16-24(21)33-23(20)13-18/h7-9,11,13-15,17,33H,10,12,16H2,1-6H3,(H,31,32,34). The molecule has 0 radical (unpaired) electrons. The molecule has 5 heterocycles. The fraction of sp³-hybridized carbons (Fsp3) is 0.379. The maximum Gasteiger partial charge on any atom is 0.278 e. The van der Waals surface area contributed by atoms with Crippen LogP contribution in [0.3, 0.4) is 0 Å². The number of aromatic nitrogens is 6. The highest BCUT2D eigenvalue weighted by atomic mass is 16.1. The molecule has 9 heteroatoms. The van der Waals surface area contributed by atoms with Gasteiger partial charge in [-0.1, -0.05) is 26.8 Å². The first-order valence-electron chi connectivity index (χ1n) is 13.2. The number of rotatable bonds is 4. The van der Waals surface area contributed by atoms with Crippen molar-refractivity contribution in [3.05, 3.63) is 70.0 Å². The Bertz CT molecular complexity index is 1730. The summed E-state index contributed by atoms with van der Waals surface area (Å²) in [4.78, 5) is 33.2. The second-order valence-electron chi connectivity index (χ2n) is 11.6. The van der Waals surface area contributed by atoms with Crippen LogP contribution in [0.25, 0.3) is 27.6 Å². The summed E-state index contributed by atoms with van der Waals surface area (Å²) in [6, 6.07) is 10.2. The van der Waals surface area contributed by atoms with Gasteiger partial charge in [-0.15, -0.1) is 0 Å². The van der Waals surface area contributed by atoms with E-state index < -0.39 is 0 Å². The molecule has 38 heavy (non-hydrogen) atoms. The largest absolute Gasteiger partial charge is 0.357 e. The molecule has 0 spiro atoms. The summed E-state index contributed by atoms with van der Waals surface area (Å²) >= 11 is 0. The fourth-order valence-corrected chi connectivity index (χ4v) is 5.33. The van der Waals surface area contributed by atoms with Gasteiger partial charge in [0.1, 0.15) is 5.39 Å². The van der Waals surface area contributed by atoms with Crippen molar-refractivity contribution in [2.24, 2.45) is 0 Å². The molecular weight excluding hydrogens is 476 g/mol. The van der Waals surface area contributed by atoms with Crippen molar-refractivity contribution in [3.8, 4) is 5.69 Å². The molecule has 0 bridgehead atoms. The fourth-order valence-electron chi connectivity index (χ4n) is 5.33. The lowest BCUT2D eigenvalue weighted by Gasteiger charge is -2.22. The molecule has 4 aromatic heterocycles. The molecule has 5 aromatic rings. The van der Waals surface area contributed by atoms with E-state index in [-0.39, 0.29) is 17.0 Å². The summed E-state index contributed by atoms with van der Waals surface area (Å²) in [5, 5.41) is 5.11. The van der Waals surface area contributed by atoms with Gasteiger partial charge in [-0.05, 0) is 57.1 Å². The number of aromatic amines is 1. The number of hydrogen-bond acceptors (Lipinski definition) is 6. The topological polar surface area (TPSA) is 96.7 Å². The van der Waals surface area contributed by atoms with Crippen LogP contribution in [0.1, 0.15) is 57.6 Å². The maximum atomic E-state index is 13.4. The van der Waals surface area contributed by atoms with E-state index in [1.165, 1.54) is 16.6 Å². The van der Waals surface area contributed by atoms with Crippen molar-refractivity contribution in [3.63, 3.8) is 0 Å². The number of benzene rings is 1. The molecule has 1 aliphatic heterocycles. The lowest BCUT2D eigenvalue weighted by molar-refractivity contribution is 0.310. The minimum Gasteiger partial charge on any atom is -0.357 e. The summed E-state index contributed by atoms with van der Waals surface area (Å²) in [6.45, 7) is 12.4. The zero-order valence-electron chi connectivity index (χ0n) is 22.8. The van der Waals surface area contributed by atoms with E-state index in [9.17, 15) is 4.79 Å². The van der Waals surface area contributed by atoms with Gasteiger partial charge in [0.15, 0.2) is 5.65 Å². The molecule has 1 aromatic carbocycles. The third-order valence-electron chi connectivity index (χ3n) is 7.29. The monoisotopic (exact) mass is 510 g/mol. The van der Waals surface area contributed by atoms with Gasteiger partial charge >= 0.3 is 0 Å². The van der Waals surface area contributed by atoms with Crippen LogP contribution in [-0.2, 0) is 18.4 Å². The van der Waals surface area contributed by atoms with E-state index in [1.54, 1.807) is 17.1 Å². The third kappa shape index (κ3) is 4.07. The Morgan fingerprint density at radius 3 is 2.66 bits per heavy atom. The van der Waals surface area contributed by atoms with Gasteiger partial charge in [0.05, 0.1) is 5.69 Å². The van der Waals surface area contributed by atoms with Gasteiger partial charge in [0.2, 0.25) is 5.95 Å². The van der Waals surface area contributed by atoms with Crippen molar-refractivity contribution in [1.29, 1.82) is 0 Å². The zero-order chi connectivity index (χ0) is 26.8. The molecule has 0 unspecified atom stereocenters. The van der Waals surface area contributed by atoms with Crippen LogP contribution in [0.5, 0.6) is 0 Å². The van der Waals surface area contributed by atoms with Gasteiger partial charge < -0.3 is 15.2 Å². The highest BCUT2D eigenvalue weighted by Gasteiger charge is 2.22. The molecule has 6 rings (SSSR count). The Labute approximate surface area is 221 Å². The maximum absolute atomic E-state index is 13.4. The van der Waals surface area contributed by atoms with Crippen LogP contribution in [0.15, 0.2) is 47.5 Å². The van der Waals surface area contributed by atoms with Crippen LogP contribution in [0.2, 0.25) is 0 Å². The molecule has 0 saturated heterocycles. The lowest BCUT2D eigenvalue weighted by Crippen LogP contribution is -2.26. The second kappa shape index (κ2) is 8.80. The van der Waals surface area contributed by atoms with E-state index in [4.69, 9.17) is 4.98 Å². The van der Waals surface area contributed by atoms with Crippen LogP contribution >= 0.6 is 0 Å². The van der Waals surface area contributed by atoms with Crippen molar-refractivity contribution >= 4 is 33.6 Å². The Morgan fingerprint density at radius 1 is 1.08 bits per heavy atom. The predicted molar refractivity (Wildman–Crippen MR) is 152 cm³/mol. The molecule has 0 saturated carbocycles. The quantitative estimate of drug-likeness (QED) is 0.351. The van der Waals surface area contributed by atoms with Gasteiger partial charge in [-0.25, -0.2) is 14.3 Å². The van der Waals surface area contributed by atoms with Crippen molar-refractivity contribution in [1.82, 2.24) is 34.2 Å². The van der Waals surface area contributed by atoms with Crippen LogP contribution in [-0.4, -0.2) is 47.8 Å². The zero-order valence-corrected chi connectivity index (χ0v) is 22.8. The normalized spacial score (nSPS) is 14.5. The number of H-pyrrole nitrogens is 1. The molecule has 0 aliphatic carbocycles. The number of nitrogens with one attached hydrogen (secondary N) is 2. The predicted octanol–water partition coefficient (Wildman–Crippen LogP) is 5.07. The molecule has 196 valence electrons. The summed E-state index contributed by atoms with van der Waals surface area (Å²) < 4.78 is 3.63. The first kappa shape index (κ1) is 24.4. The third-order valence-corrected chi connectivity index (χ3v) is 7.29. The Kier molecular flexibility index (Phi) is 5.64. The highest BCUT2D eigenvalue weighted by molar-refractivity contribution is 5.88. The number of pyridine rings is 1.